The van der Waals surface area contributed by atoms with Crippen LogP contribution in [0.2, 0.25) is 0 Å². The predicted octanol–water partition coefficient (Wildman–Crippen LogP) is 16.8. The Kier molecular flexibility index (Phi) is 9.96. The molecular formula is C67H55BN2O2. The van der Waals surface area contributed by atoms with Gasteiger partial charge in [0.15, 0.2) is 0 Å². The molecule has 0 unspecified atom stereocenters. The highest BCUT2D eigenvalue weighted by molar-refractivity contribution is 7.00. The maximum Gasteiger partial charge on any atom is 0.252 e. The van der Waals surface area contributed by atoms with Crippen LogP contribution in [0.15, 0.2) is 215 Å². The summed E-state index contributed by atoms with van der Waals surface area (Å²) in [5, 5.41) is 2.17. The highest BCUT2D eigenvalue weighted by atomic mass is 16.3. The van der Waals surface area contributed by atoms with Gasteiger partial charge in [0.1, 0.15) is 22.7 Å². The molecule has 0 radical (unpaired) electrons. The first-order chi connectivity index (χ1) is 34.9. The first kappa shape index (κ1) is 43.7. The highest BCUT2D eigenvalue weighted by Crippen LogP contribution is 2.50. The molecule has 0 N–H and O–H groups in total. The van der Waals surface area contributed by atoms with Crippen LogP contribution in [0.5, 0.6) is 0 Å². The normalized spacial score (nSPS) is 13.1. The Hall–Kier alpha value is -8.28. The standard InChI is InChI=1S/C67H55BN2O2/c1-42-34-59-65-60(35-42)70(56-33-29-50(67(5,6)7)41-52(56)44-20-12-9-13-21-44)58-31-27-48(64-39-46-23-15-17-25-62(46)72-64)37-54(58)68(65)53-36-47(63-38-45-22-14-16-24-61(45)71-63)26-30-57(53)69(59)55-32-28-49(66(2,3)4)40-51(55)43-18-10-8-11-19-43/h8-41H,1-7H3. The molecule has 2 aromatic heterocycles. The molecule has 348 valence electrons. The summed E-state index contributed by atoms with van der Waals surface area (Å²) in [6.45, 7) is 15.9. The molecule has 0 saturated heterocycles. The molecule has 4 heterocycles. The molecule has 13 rings (SSSR count). The van der Waals surface area contributed by atoms with E-state index in [1.165, 1.54) is 55.3 Å². The number of hydrogen-bond donors (Lipinski definition) is 0. The van der Waals surface area contributed by atoms with Crippen LogP contribution in [0.4, 0.5) is 34.1 Å². The summed E-state index contributed by atoms with van der Waals surface area (Å²) in [4.78, 5) is 5.11. The quantitative estimate of drug-likeness (QED) is 0.156. The second kappa shape index (κ2) is 16.4. The van der Waals surface area contributed by atoms with Crippen LogP contribution >= 0.6 is 0 Å². The van der Waals surface area contributed by atoms with E-state index in [0.29, 0.717) is 0 Å². The lowest BCUT2D eigenvalue weighted by atomic mass is 9.33. The maximum atomic E-state index is 6.67. The molecule has 2 aliphatic rings. The molecule has 11 aromatic rings. The maximum absolute atomic E-state index is 6.67. The van der Waals surface area contributed by atoms with Crippen molar-refractivity contribution in [2.75, 3.05) is 9.80 Å². The number of anilines is 6. The van der Waals surface area contributed by atoms with Crippen molar-refractivity contribution in [1.82, 2.24) is 0 Å². The predicted molar refractivity (Wildman–Crippen MR) is 304 cm³/mol. The van der Waals surface area contributed by atoms with Crippen molar-refractivity contribution in [3.05, 3.63) is 223 Å². The van der Waals surface area contributed by atoms with Crippen molar-refractivity contribution in [2.45, 2.75) is 59.3 Å². The van der Waals surface area contributed by atoms with E-state index < -0.39 is 0 Å². The third-order valence-electron chi connectivity index (χ3n) is 15.0. The van der Waals surface area contributed by atoms with Gasteiger partial charge in [0.05, 0.1) is 11.4 Å². The van der Waals surface area contributed by atoms with E-state index in [-0.39, 0.29) is 17.5 Å². The molecule has 0 bridgehead atoms. The molecule has 2 aliphatic heterocycles. The van der Waals surface area contributed by atoms with E-state index in [4.69, 9.17) is 8.83 Å². The van der Waals surface area contributed by atoms with Gasteiger partial charge in [0.2, 0.25) is 0 Å². The van der Waals surface area contributed by atoms with Gasteiger partial charge in [-0.05, 0) is 147 Å². The Morgan fingerprint density at radius 2 is 0.764 bits per heavy atom. The zero-order valence-corrected chi connectivity index (χ0v) is 41.9. The fourth-order valence-corrected chi connectivity index (χ4v) is 11.3. The third kappa shape index (κ3) is 7.21. The molecule has 0 aliphatic carbocycles. The molecule has 0 fully saturated rings. The van der Waals surface area contributed by atoms with Gasteiger partial charge in [0, 0.05) is 55.8 Å². The minimum absolute atomic E-state index is 0.0578. The summed E-state index contributed by atoms with van der Waals surface area (Å²) in [5.74, 6) is 1.69. The van der Waals surface area contributed by atoms with Gasteiger partial charge in [-0.15, -0.1) is 0 Å². The number of rotatable bonds is 6. The zero-order chi connectivity index (χ0) is 49.0. The van der Waals surface area contributed by atoms with Crippen molar-refractivity contribution in [2.24, 2.45) is 0 Å². The number of benzene rings is 9. The molecule has 0 atom stereocenters. The summed E-state index contributed by atoms with van der Waals surface area (Å²) in [6, 6.07) is 75.9. The van der Waals surface area contributed by atoms with Gasteiger partial charge in [-0.25, -0.2) is 0 Å². The van der Waals surface area contributed by atoms with Crippen molar-refractivity contribution < 1.29 is 8.83 Å². The second-order valence-corrected chi connectivity index (χ2v) is 21.9. The lowest BCUT2D eigenvalue weighted by molar-refractivity contribution is 0.590. The SMILES string of the molecule is Cc1cc2c3c(c1)N(c1ccc(C(C)(C)C)cc1-c1ccccc1)c1ccc(-c4cc5ccccc5o4)cc1B3c1cc(-c3cc4ccccc4o3)ccc1N2c1ccc(C(C)(C)C)cc1-c1ccccc1. The fourth-order valence-electron chi connectivity index (χ4n) is 11.3. The summed E-state index contributed by atoms with van der Waals surface area (Å²) in [6.07, 6.45) is 0. The van der Waals surface area contributed by atoms with Crippen molar-refractivity contribution in [3.63, 3.8) is 0 Å². The largest absolute Gasteiger partial charge is 0.456 e. The van der Waals surface area contributed by atoms with E-state index >= 15 is 0 Å². The van der Waals surface area contributed by atoms with Crippen LogP contribution in [0.1, 0.15) is 58.2 Å². The van der Waals surface area contributed by atoms with Gasteiger partial charge < -0.3 is 18.6 Å². The van der Waals surface area contributed by atoms with Crippen LogP contribution in [0.3, 0.4) is 0 Å². The topological polar surface area (TPSA) is 32.8 Å². The number of para-hydroxylation sites is 2. The van der Waals surface area contributed by atoms with Gasteiger partial charge >= 0.3 is 0 Å². The summed E-state index contributed by atoms with van der Waals surface area (Å²) in [5.41, 5.74) is 22.7. The molecular weight excluding hydrogens is 876 g/mol. The minimum atomic E-state index is -0.162. The van der Waals surface area contributed by atoms with Crippen molar-refractivity contribution >= 4 is 79.2 Å². The molecule has 72 heavy (non-hydrogen) atoms. The molecule has 9 aromatic carbocycles. The Bertz CT molecular complexity index is 3610. The van der Waals surface area contributed by atoms with Crippen LogP contribution in [-0.2, 0) is 10.8 Å². The Morgan fingerprint density at radius 1 is 0.361 bits per heavy atom. The number of nitrogens with zero attached hydrogens (tertiary/aromatic N) is 2. The average Bonchev–Trinajstić information content (AvgIpc) is 4.04. The van der Waals surface area contributed by atoms with Gasteiger partial charge in [-0.3, -0.25) is 0 Å². The number of aryl methyl sites for hydroxylation is 1. The minimum Gasteiger partial charge on any atom is -0.456 e. The van der Waals surface area contributed by atoms with E-state index in [1.54, 1.807) is 0 Å². The van der Waals surface area contributed by atoms with Gasteiger partial charge in [-0.1, -0.05) is 163 Å². The van der Waals surface area contributed by atoms with Gasteiger partial charge in [0.25, 0.3) is 6.71 Å². The number of furan rings is 2. The first-order valence-electron chi connectivity index (χ1n) is 25.3. The van der Waals surface area contributed by atoms with E-state index in [0.717, 1.165) is 78.7 Å². The molecule has 0 saturated carbocycles. The van der Waals surface area contributed by atoms with Crippen LogP contribution in [0, 0.1) is 6.92 Å². The fraction of sp³-hybridized carbons (Fsp3) is 0.134. The van der Waals surface area contributed by atoms with Crippen LogP contribution < -0.4 is 26.2 Å². The lowest BCUT2D eigenvalue weighted by Crippen LogP contribution is -2.61. The first-order valence-corrected chi connectivity index (χ1v) is 25.3. The number of fused-ring (bicyclic) bond motifs is 6. The Balaban J connectivity index is 1.14. The Labute approximate surface area is 422 Å². The van der Waals surface area contributed by atoms with Crippen molar-refractivity contribution in [3.8, 4) is 44.9 Å². The molecule has 5 heteroatoms. The summed E-state index contributed by atoms with van der Waals surface area (Å²) < 4.78 is 13.3. The zero-order valence-electron chi connectivity index (χ0n) is 41.9. The molecule has 0 spiro atoms. The van der Waals surface area contributed by atoms with E-state index in [2.05, 4.69) is 252 Å². The van der Waals surface area contributed by atoms with Crippen LogP contribution in [0.25, 0.3) is 66.8 Å². The van der Waals surface area contributed by atoms with Crippen LogP contribution in [-0.4, -0.2) is 6.71 Å². The van der Waals surface area contributed by atoms with Gasteiger partial charge in [-0.2, -0.15) is 0 Å². The molecule has 4 nitrogen and oxygen atoms in total. The number of hydrogen-bond acceptors (Lipinski definition) is 4. The van der Waals surface area contributed by atoms with E-state index in [9.17, 15) is 0 Å². The molecule has 0 amide bonds. The monoisotopic (exact) mass is 930 g/mol. The lowest BCUT2D eigenvalue weighted by Gasteiger charge is -2.45. The highest BCUT2D eigenvalue weighted by Gasteiger charge is 2.45. The second-order valence-electron chi connectivity index (χ2n) is 21.9. The smallest absolute Gasteiger partial charge is 0.252 e. The van der Waals surface area contributed by atoms with Crippen molar-refractivity contribution in [1.29, 1.82) is 0 Å². The van der Waals surface area contributed by atoms with E-state index in [1.807, 2.05) is 12.1 Å². The summed E-state index contributed by atoms with van der Waals surface area (Å²) in [7, 11) is 0. The third-order valence-corrected chi connectivity index (χ3v) is 15.0. The average molecular weight is 931 g/mol. The Morgan fingerprint density at radius 3 is 1.18 bits per heavy atom. The summed E-state index contributed by atoms with van der Waals surface area (Å²) >= 11 is 0.